The molecular weight excluding hydrogens is 441 g/mol. The Morgan fingerprint density at radius 1 is 1.03 bits per heavy atom. The molecule has 1 saturated heterocycles. The lowest BCUT2D eigenvalue weighted by molar-refractivity contribution is -0.117. The van der Waals surface area contributed by atoms with Crippen LogP contribution in [-0.2, 0) is 11.3 Å². The van der Waals surface area contributed by atoms with Crippen LogP contribution in [0.2, 0.25) is 5.02 Å². The maximum atomic E-state index is 14.3. The average molecular weight is 464 g/mol. The summed E-state index contributed by atoms with van der Waals surface area (Å²) in [6.07, 6.45) is 1.05. The molecule has 0 radical (unpaired) electrons. The summed E-state index contributed by atoms with van der Waals surface area (Å²) < 4.78 is 22.3. The van der Waals surface area contributed by atoms with Gasteiger partial charge in [-0.2, -0.15) is 0 Å². The minimum Gasteiger partial charge on any atom is -0.492 e. The lowest BCUT2D eigenvalue weighted by atomic mass is 10.1. The van der Waals surface area contributed by atoms with E-state index < -0.39 is 5.82 Å². The summed E-state index contributed by atoms with van der Waals surface area (Å²) in [6, 6.07) is 21.7. The van der Waals surface area contributed by atoms with Gasteiger partial charge in [-0.3, -0.25) is 4.79 Å². The fourth-order valence-corrected chi connectivity index (χ4v) is 4.58. The van der Waals surface area contributed by atoms with E-state index in [9.17, 15) is 9.18 Å². The van der Waals surface area contributed by atoms with Crippen molar-refractivity contribution < 1.29 is 13.9 Å². The molecule has 5 rings (SSSR count). The molecule has 0 spiro atoms. The summed E-state index contributed by atoms with van der Waals surface area (Å²) in [4.78, 5) is 19.2. The van der Waals surface area contributed by atoms with E-state index in [-0.39, 0.29) is 11.8 Å². The van der Waals surface area contributed by atoms with Crippen LogP contribution in [0.15, 0.2) is 72.8 Å². The molecule has 168 valence electrons. The number of imidazole rings is 1. The van der Waals surface area contributed by atoms with Gasteiger partial charge in [0.2, 0.25) is 5.91 Å². The van der Waals surface area contributed by atoms with Crippen LogP contribution in [0.1, 0.15) is 24.6 Å². The zero-order valence-corrected chi connectivity index (χ0v) is 18.7. The van der Waals surface area contributed by atoms with Gasteiger partial charge in [0.05, 0.1) is 28.4 Å². The summed E-state index contributed by atoms with van der Waals surface area (Å²) in [6.45, 7) is 1.59. The van der Waals surface area contributed by atoms with Gasteiger partial charge in [-0.25, -0.2) is 9.37 Å². The van der Waals surface area contributed by atoms with Gasteiger partial charge >= 0.3 is 0 Å². The molecule has 0 saturated carbocycles. The zero-order chi connectivity index (χ0) is 22.8. The van der Waals surface area contributed by atoms with Gasteiger partial charge in [-0.1, -0.05) is 48.0 Å². The molecule has 1 fully saturated rings. The summed E-state index contributed by atoms with van der Waals surface area (Å²) >= 11 is 6.18. The fraction of sp³-hybridized carbons (Fsp3) is 0.231. The van der Waals surface area contributed by atoms with Crippen molar-refractivity contribution in [2.24, 2.45) is 0 Å². The molecule has 0 aliphatic carbocycles. The SMILES string of the molecule is O=C1CC(c2nc3ccccc3n2CCCOc2ccccc2Cl)CN1c1ccccc1F. The second-order valence-electron chi connectivity index (χ2n) is 8.10. The quantitative estimate of drug-likeness (QED) is 0.324. The lowest BCUT2D eigenvalue weighted by Gasteiger charge is -2.18. The lowest BCUT2D eigenvalue weighted by Crippen LogP contribution is -2.25. The van der Waals surface area contributed by atoms with E-state index in [0.717, 1.165) is 23.3 Å². The number of ether oxygens (including phenoxy) is 1. The number of hydrogen-bond acceptors (Lipinski definition) is 3. The number of hydrogen-bond donors (Lipinski definition) is 0. The number of carbonyl (C=O) groups is 1. The Labute approximate surface area is 196 Å². The minimum absolute atomic E-state index is 0.0919. The Morgan fingerprint density at radius 2 is 1.79 bits per heavy atom. The molecule has 1 atom stereocenters. The molecule has 2 heterocycles. The third-order valence-electron chi connectivity index (χ3n) is 5.94. The molecule has 3 aromatic carbocycles. The third-order valence-corrected chi connectivity index (χ3v) is 6.25. The highest BCUT2D eigenvalue weighted by Gasteiger charge is 2.35. The van der Waals surface area contributed by atoms with Crippen LogP contribution in [0.5, 0.6) is 5.75 Å². The zero-order valence-electron chi connectivity index (χ0n) is 18.0. The standard InChI is InChI=1S/C26H23ClFN3O2/c27-19-8-1-6-13-24(19)33-15-7-14-30-23-12-5-3-10-21(23)29-26(30)18-16-25(32)31(17-18)22-11-4-2-9-20(22)28/h1-6,8-13,18H,7,14-17H2. The van der Waals surface area contributed by atoms with Gasteiger partial charge in [0, 0.05) is 25.4 Å². The number of para-hydroxylation sites is 4. The van der Waals surface area contributed by atoms with Crippen molar-refractivity contribution >= 4 is 34.2 Å². The van der Waals surface area contributed by atoms with Crippen LogP contribution in [0.3, 0.4) is 0 Å². The Kier molecular flexibility index (Phi) is 6.01. The van der Waals surface area contributed by atoms with Crippen molar-refractivity contribution in [3.8, 4) is 5.75 Å². The average Bonchev–Trinajstić information content (AvgIpc) is 3.38. The first-order chi connectivity index (χ1) is 16.1. The van der Waals surface area contributed by atoms with E-state index >= 15 is 0 Å². The van der Waals surface area contributed by atoms with Crippen LogP contribution < -0.4 is 9.64 Å². The smallest absolute Gasteiger partial charge is 0.227 e. The molecule has 1 unspecified atom stereocenters. The number of aromatic nitrogens is 2. The van der Waals surface area contributed by atoms with E-state index in [4.69, 9.17) is 21.3 Å². The molecule has 7 heteroatoms. The van der Waals surface area contributed by atoms with Crippen molar-refractivity contribution in [1.82, 2.24) is 9.55 Å². The molecule has 4 aromatic rings. The highest BCUT2D eigenvalue weighted by Crippen LogP contribution is 2.34. The van der Waals surface area contributed by atoms with Crippen molar-refractivity contribution in [1.29, 1.82) is 0 Å². The number of benzene rings is 3. The van der Waals surface area contributed by atoms with E-state index in [1.807, 2.05) is 42.5 Å². The summed E-state index contributed by atoms with van der Waals surface area (Å²) in [5.41, 5.74) is 2.22. The highest BCUT2D eigenvalue weighted by atomic mass is 35.5. The first-order valence-electron chi connectivity index (χ1n) is 11.0. The first-order valence-corrected chi connectivity index (χ1v) is 11.4. The van der Waals surface area contributed by atoms with Crippen molar-refractivity contribution in [2.75, 3.05) is 18.1 Å². The second-order valence-corrected chi connectivity index (χ2v) is 8.51. The molecule has 1 aliphatic rings. The predicted octanol–water partition coefficient (Wildman–Crippen LogP) is 5.82. The van der Waals surface area contributed by atoms with Crippen LogP contribution in [0.25, 0.3) is 11.0 Å². The molecule has 33 heavy (non-hydrogen) atoms. The van der Waals surface area contributed by atoms with E-state index in [0.29, 0.717) is 42.6 Å². The highest BCUT2D eigenvalue weighted by molar-refractivity contribution is 6.32. The summed E-state index contributed by atoms with van der Waals surface area (Å²) in [7, 11) is 0. The number of halogens is 2. The van der Waals surface area contributed by atoms with Crippen LogP contribution in [0, 0.1) is 5.82 Å². The molecular formula is C26H23ClFN3O2. The first kappa shape index (κ1) is 21.5. The normalized spacial score (nSPS) is 16.0. The minimum atomic E-state index is -0.392. The van der Waals surface area contributed by atoms with Gasteiger partial charge in [-0.05, 0) is 42.8 Å². The van der Waals surface area contributed by atoms with E-state index in [1.165, 1.54) is 11.0 Å². The number of carbonyl (C=O) groups excluding carboxylic acids is 1. The topological polar surface area (TPSA) is 47.4 Å². The van der Waals surface area contributed by atoms with Crippen LogP contribution in [0.4, 0.5) is 10.1 Å². The molecule has 0 N–H and O–H groups in total. The van der Waals surface area contributed by atoms with Gasteiger partial charge in [0.1, 0.15) is 17.4 Å². The molecule has 1 aromatic heterocycles. The van der Waals surface area contributed by atoms with Crippen molar-refractivity contribution in [3.05, 3.63) is 89.5 Å². The Hall–Kier alpha value is -3.38. The number of rotatable bonds is 7. The predicted molar refractivity (Wildman–Crippen MR) is 127 cm³/mol. The molecule has 5 nitrogen and oxygen atoms in total. The van der Waals surface area contributed by atoms with Crippen LogP contribution in [-0.4, -0.2) is 28.6 Å². The third kappa shape index (κ3) is 4.31. The number of anilines is 1. The summed E-state index contributed by atoms with van der Waals surface area (Å²) in [5.74, 6) is 0.911. The summed E-state index contributed by atoms with van der Waals surface area (Å²) in [5, 5.41) is 0.587. The Bertz CT molecular complexity index is 1310. The van der Waals surface area contributed by atoms with Crippen molar-refractivity contribution in [3.63, 3.8) is 0 Å². The van der Waals surface area contributed by atoms with E-state index in [2.05, 4.69) is 4.57 Å². The van der Waals surface area contributed by atoms with E-state index in [1.54, 1.807) is 24.3 Å². The molecule has 1 amide bonds. The van der Waals surface area contributed by atoms with Gasteiger partial charge < -0.3 is 14.2 Å². The second kappa shape index (κ2) is 9.24. The monoisotopic (exact) mass is 463 g/mol. The molecule has 0 bridgehead atoms. The maximum absolute atomic E-state index is 14.3. The van der Waals surface area contributed by atoms with Gasteiger partial charge in [0.15, 0.2) is 0 Å². The molecule has 1 aliphatic heterocycles. The number of amides is 1. The van der Waals surface area contributed by atoms with Crippen LogP contribution >= 0.6 is 11.6 Å². The number of fused-ring (bicyclic) bond motifs is 1. The Morgan fingerprint density at radius 3 is 2.64 bits per heavy atom. The van der Waals surface area contributed by atoms with Crippen molar-refractivity contribution in [2.45, 2.75) is 25.3 Å². The number of nitrogens with zero attached hydrogens (tertiary/aromatic N) is 3. The Balaban J connectivity index is 1.36. The number of aryl methyl sites for hydroxylation is 1. The van der Waals surface area contributed by atoms with Gasteiger partial charge in [-0.15, -0.1) is 0 Å². The van der Waals surface area contributed by atoms with Gasteiger partial charge in [0.25, 0.3) is 0 Å². The largest absolute Gasteiger partial charge is 0.492 e. The maximum Gasteiger partial charge on any atom is 0.227 e. The fourth-order valence-electron chi connectivity index (χ4n) is 4.39.